The van der Waals surface area contributed by atoms with E-state index in [0.717, 1.165) is 57.7 Å². The van der Waals surface area contributed by atoms with E-state index in [1.165, 1.54) is 23.1 Å². The molecule has 0 radical (unpaired) electrons. The summed E-state index contributed by atoms with van der Waals surface area (Å²) in [6.07, 6.45) is 4.10. The molecule has 1 amide bonds. The highest BCUT2D eigenvalue weighted by Crippen LogP contribution is 2.29. The zero-order valence-electron chi connectivity index (χ0n) is 17.7. The predicted octanol–water partition coefficient (Wildman–Crippen LogP) is 3.44. The first-order valence-electron chi connectivity index (χ1n) is 10.7. The minimum atomic E-state index is 0.298. The average Bonchev–Trinajstić information content (AvgIpc) is 3.12. The number of hydrogen-bond donors (Lipinski definition) is 1. The maximum Gasteiger partial charge on any atom is 0.320 e. The van der Waals surface area contributed by atoms with Crippen molar-refractivity contribution in [2.45, 2.75) is 53.0 Å². The van der Waals surface area contributed by atoms with Gasteiger partial charge in [0.25, 0.3) is 0 Å². The van der Waals surface area contributed by atoms with Crippen LogP contribution in [0.5, 0.6) is 0 Å². The Labute approximate surface area is 172 Å². The number of carbonyl (C=O) groups excluding carboxylic acids is 1. The second-order valence-corrected chi connectivity index (χ2v) is 8.31. The Bertz CT molecular complexity index is 866. The third-order valence-electron chi connectivity index (χ3n) is 6.20. The lowest BCUT2D eigenvalue weighted by Gasteiger charge is -2.38. The maximum absolute atomic E-state index is 12.5. The number of aromatic nitrogens is 2. The highest BCUT2D eigenvalue weighted by atomic mass is 16.4. The van der Waals surface area contributed by atoms with Gasteiger partial charge in [0.05, 0.1) is 0 Å². The quantitative estimate of drug-likeness (QED) is 0.805. The first-order chi connectivity index (χ1) is 14.0. The zero-order valence-corrected chi connectivity index (χ0v) is 17.7. The zero-order chi connectivity index (χ0) is 20.4. The second-order valence-electron chi connectivity index (χ2n) is 8.31. The van der Waals surface area contributed by atoms with Crippen LogP contribution in [-0.4, -0.2) is 52.1 Å². The first-order valence-corrected chi connectivity index (χ1v) is 10.7. The van der Waals surface area contributed by atoms with Gasteiger partial charge < -0.3 is 14.6 Å². The van der Waals surface area contributed by atoms with E-state index in [1.807, 2.05) is 6.92 Å². The monoisotopic (exact) mass is 397 g/mol. The van der Waals surface area contributed by atoms with Gasteiger partial charge in [-0.1, -0.05) is 24.5 Å². The Morgan fingerprint density at radius 3 is 2.55 bits per heavy atom. The third-order valence-corrected chi connectivity index (χ3v) is 6.20. The van der Waals surface area contributed by atoms with Gasteiger partial charge in [-0.2, -0.15) is 0 Å². The highest BCUT2D eigenvalue weighted by molar-refractivity contribution is 5.79. The molecule has 2 aromatic rings. The summed E-state index contributed by atoms with van der Waals surface area (Å²) in [5.41, 5.74) is 4.69. The van der Waals surface area contributed by atoms with E-state index in [-0.39, 0.29) is 0 Å². The van der Waals surface area contributed by atoms with Crippen LogP contribution in [0.3, 0.4) is 0 Å². The molecular formula is C22H31N5O2. The summed E-state index contributed by atoms with van der Waals surface area (Å²) in [5, 5.41) is 11.4. The van der Waals surface area contributed by atoms with Crippen LogP contribution < -0.4 is 5.32 Å². The minimum Gasteiger partial charge on any atom is -0.408 e. The standard InChI is InChI=1S/C22H31N5O2/c1-4-20-24-25-22(29-20)23-19-13-15(2)12-18(16(19)3)14-26-8-10-27(11-9-26)21(28)17-6-5-7-17/h12-13,17H,4-11,14H2,1-3H3,(H,23,25). The molecule has 1 saturated carbocycles. The van der Waals surface area contributed by atoms with Gasteiger partial charge in [-0.3, -0.25) is 9.69 Å². The molecule has 1 aromatic carbocycles. The molecule has 4 rings (SSSR count). The molecule has 156 valence electrons. The van der Waals surface area contributed by atoms with E-state index in [1.54, 1.807) is 0 Å². The van der Waals surface area contributed by atoms with Crippen molar-refractivity contribution in [3.8, 4) is 0 Å². The molecule has 1 saturated heterocycles. The van der Waals surface area contributed by atoms with Crippen molar-refractivity contribution in [3.63, 3.8) is 0 Å². The number of piperazine rings is 1. The topological polar surface area (TPSA) is 74.5 Å². The SMILES string of the molecule is CCc1nnc(Nc2cc(C)cc(CN3CCN(C(=O)C4CCC4)CC3)c2C)o1. The Kier molecular flexibility index (Phi) is 5.85. The van der Waals surface area contributed by atoms with E-state index >= 15 is 0 Å². The summed E-state index contributed by atoms with van der Waals surface area (Å²) in [6, 6.07) is 4.80. The molecule has 0 atom stereocenters. The van der Waals surface area contributed by atoms with Crippen LogP contribution in [0.15, 0.2) is 16.5 Å². The van der Waals surface area contributed by atoms with Crippen LogP contribution in [0.1, 0.15) is 48.8 Å². The molecule has 1 aliphatic carbocycles. The summed E-state index contributed by atoms with van der Waals surface area (Å²) in [4.78, 5) is 17.0. The summed E-state index contributed by atoms with van der Waals surface area (Å²) < 4.78 is 5.61. The van der Waals surface area contributed by atoms with Crippen molar-refractivity contribution < 1.29 is 9.21 Å². The Hall–Kier alpha value is -2.41. The molecular weight excluding hydrogens is 366 g/mol. The molecule has 2 aliphatic rings. The molecule has 7 heteroatoms. The first kappa shape index (κ1) is 19.9. The van der Waals surface area contributed by atoms with Crippen molar-refractivity contribution in [1.82, 2.24) is 20.0 Å². The minimum absolute atomic E-state index is 0.298. The van der Waals surface area contributed by atoms with Gasteiger partial charge in [0.1, 0.15) is 0 Å². The number of benzene rings is 1. The molecule has 1 N–H and O–H groups in total. The number of aryl methyl sites for hydroxylation is 2. The summed E-state index contributed by atoms with van der Waals surface area (Å²) in [7, 11) is 0. The van der Waals surface area contributed by atoms with Crippen molar-refractivity contribution in [3.05, 3.63) is 34.7 Å². The Balaban J connectivity index is 1.39. The second kappa shape index (κ2) is 8.53. The molecule has 29 heavy (non-hydrogen) atoms. The summed E-state index contributed by atoms with van der Waals surface area (Å²) >= 11 is 0. The lowest BCUT2D eigenvalue weighted by molar-refractivity contribution is -0.140. The lowest BCUT2D eigenvalue weighted by atomic mass is 9.84. The largest absolute Gasteiger partial charge is 0.408 e. The van der Waals surface area contributed by atoms with Gasteiger partial charge in [0, 0.05) is 50.7 Å². The smallest absolute Gasteiger partial charge is 0.320 e. The molecule has 1 aromatic heterocycles. The molecule has 0 bridgehead atoms. The number of carbonyl (C=O) groups is 1. The number of nitrogens with one attached hydrogen (secondary N) is 1. The fourth-order valence-electron chi connectivity index (χ4n) is 4.07. The van der Waals surface area contributed by atoms with Gasteiger partial charge in [0.15, 0.2) is 0 Å². The van der Waals surface area contributed by atoms with E-state index in [4.69, 9.17) is 4.42 Å². The van der Waals surface area contributed by atoms with Crippen molar-refractivity contribution in [1.29, 1.82) is 0 Å². The van der Waals surface area contributed by atoms with E-state index in [0.29, 0.717) is 23.7 Å². The normalized spacial score (nSPS) is 18.0. The van der Waals surface area contributed by atoms with Crippen LogP contribution in [0.2, 0.25) is 0 Å². The van der Waals surface area contributed by atoms with E-state index in [2.05, 4.69) is 51.3 Å². The van der Waals surface area contributed by atoms with Crippen molar-refractivity contribution in [2.75, 3.05) is 31.5 Å². The fraction of sp³-hybridized carbons (Fsp3) is 0.591. The summed E-state index contributed by atoms with van der Waals surface area (Å²) in [6.45, 7) is 10.7. The number of anilines is 2. The lowest BCUT2D eigenvalue weighted by Crippen LogP contribution is -2.50. The average molecular weight is 398 g/mol. The molecule has 1 aliphatic heterocycles. The van der Waals surface area contributed by atoms with Gasteiger partial charge in [0.2, 0.25) is 11.8 Å². The van der Waals surface area contributed by atoms with Crippen LogP contribution in [-0.2, 0) is 17.8 Å². The Morgan fingerprint density at radius 1 is 1.17 bits per heavy atom. The van der Waals surface area contributed by atoms with Gasteiger partial charge >= 0.3 is 6.01 Å². The van der Waals surface area contributed by atoms with E-state index < -0.39 is 0 Å². The van der Waals surface area contributed by atoms with Gasteiger partial charge in [-0.05, 0) is 49.4 Å². The van der Waals surface area contributed by atoms with Crippen LogP contribution in [0.25, 0.3) is 0 Å². The Morgan fingerprint density at radius 2 is 1.93 bits per heavy atom. The van der Waals surface area contributed by atoms with Crippen molar-refractivity contribution in [2.24, 2.45) is 5.92 Å². The molecule has 0 unspecified atom stereocenters. The number of nitrogens with zero attached hydrogens (tertiary/aromatic N) is 4. The fourth-order valence-corrected chi connectivity index (χ4v) is 4.07. The van der Waals surface area contributed by atoms with Gasteiger partial charge in [-0.15, -0.1) is 5.10 Å². The molecule has 2 heterocycles. The van der Waals surface area contributed by atoms with Crippen molar-refractivity contribution >= 4 is 17.6 Å². The van der Waals surface area contributed by atoms with Crippen LogP contribution >= 0.6 is 0 Å². The number of amides is 1. The van der Waals surface area contributed by atoms with Crippen LogP contribution in [0, 0.1) is 19.8 Å². The van der Waals surface area contributed by atoms with Gasteiger partial charge in [-0.25, -0.2) is 0 Å². The predicted molar refractivity (Wildman–Crippen MR) is 112 cm³/mol. The molecule has 2 fully saturated rings. The maximum atomic E-state index is 12.5. The summed E-state index contributed by atoms with van der Waals surface area (Å²) in [5.74, 6) is 1.31. The third kappa shape index (κ3) is 4.45. The number of hydrogen-bond acceptors (Lipinski definition) is 6. The highest BCUT2D eigenvalue weighted by Gasteiger charge is 2.31. The van der Waals surface area contributed by atoms with E-state index in [9.17, 15) is 4.79 Å². The van der Waals surface area contributed by atoms with Crippen LogP contribution in [0.4, 0.5) is 11.7 Å². The molecule has 0 spiro atoms. The molecule has 7 nitrogen and oxygen atoms in total. The number of rotatable bonds is 6.